The van der Waals surface area contributed by atoms with E-state index in [2.05, 4.69) is 10.1 Å². The molecule has 2 rings (SSSR count). The maximum atomic E-state index is 5.88. The van der Waals surface area contributed by atoms with Crippen molar-refractivity contribution in [2.75, 3.05) is 0 Å². The van der Waals surface area contributed by atoms with Crippen LogP contribution in [0.25, 0.3) is 11.6 Å². The van der Waals surface area contributed by atoms with Gasteiger partial charge in [-0.15, -0.1) is 12.4 Å². The molecule has 0 aliphatic carbocycles. The Hall–Kier alpha value is -1.33. The van der Waals surface area contributed by atoms with Gasteiger partial charge in [-0.25, -0.2) is 0 Å². The van der Waals surface area contributed by atoms with Gasteiger partial charge in [0, 0.05) is 0 Å². The number of halogens is 1. The molecule has 0 amide bonds. The van der Waals surface area contributed by atoms with Crippen LogP contribution in [0.1, 0.15) is 25.8 Å². The third kappa shape index (κ3) is 2.43. The standard InChI is InChI=1S/C10H13N3O2.ClH/c1-6(2)8(11)10-12-9(13-15-10)7-4-3-5-14-7;/h3-6,8H,11H2,1-2H3;1H/t8-;/m0./s1. The molecule has 1 atom stereocenters. The van der Waals surface area contributed by atoms with Gasteiger partial charge in [-0.2, -0.15) is 4.98 Å². The number of nitrogens with two attached hydrogens (primary N) is 1. The van der Waals surface area contributed by atoms with Crippen molar-refractivity contribution in [1.82, 2.24) is 10.1 Å². The Morgan fingerprint density at radius 2 is 2.12 bits per heavy atom. The molecular weight excluding hydrogens is 230 g/mol. The van der Waals surface area contributed by atoms with E-state index in [0.29, 0.717) is 17.5 Å². The molecule has 0 fully saturated rings. The lowest BCUT2D eigenvalue weighted by Crippen LogP contribution is -2.16. The summed E-state index contributed by atoms with van der Waals surface area (Å²) in [6, 6.07) is 3.31. The molecule has 6 heteroatoms. The Bertz CT molecular complexity index is 425. The predicted octanol–water partition coefficient (Wildman–Crippen LogP) is 2.41. The zero-order chi connectivity index (χ0) is 10.8. The van der Waals surface area contributed by atoms with Crippen LogP contribution in [0.2, 0.25) is 0 Å². The zero-order valence-electron chi connectivity index (χ0n) is 9.08. The topological polar surface area (TPSA) is 78.1 Å². The van der Waals surface area contributed by atoms with Crippen molar-refractivity contribution in [3.05, 3.63) is 24.3 Å². The summed E-state index contributed by atoms with van der Waals surface area (Å²) in [7, 11) is 0. The number of furan rings is 1. The van der Waals surface area contributed by atoms with Gasteiger partial charge in [-0.3, -0.25) is 0 Å². The second-order valence-electron chi connectivity index (χ2n) is 3.70. The summed E-state index contributed by atoms with van der Waals surface area (Å²) < 4.78 is 10.2. The molecule has 0 saturated carbocycles. The van der Waals surface area contributed by atoms with E-state index in [1.807, 2.05) is 13.8 Å². The lowest BCUT2D eigenvalue weighted by molar-refractivity contribution is 0.324. The minimum Gasteiger partial charge on any atom is -0.461 e. The monoisotopic (exact) mass is 243 g/mol. The van der Waals surface area contributed by atoms with Gasteiger partial charge in [-0.05, 0) is 18.1 Å². The maximum absolute atomic E-state index is 5.88. The van der Waals surface area contributed by atoms with Crippen molar-refractivity contribution < 1.29 is 8.94 Å². The van der Waals surface area contributed by atoms with Crippen LogP contribution >= 0.6 is 12.4 Å². The lowest BCUT2D eigenvalue weighted by Gasteiger charge is -2.08. The summed E-state index contributed by atoms with van der Waals surface area (Å²) in [5, 5.41) is 3.80. The average Bonchev–Trinajstić information content (AvgIpc) is 2.86. The third-order valence-electron chi connectivity index (χ3n) is 2.19. The van der Waals surface area contributed by atoms with E-state index in [-0.39, 0.29) is 24.4 Å². The Labute approximate surface area is 99.4 Å². The van der Waals surface area contributed by atoms with Gasteiger partial charge in [-0.1, -0.05) is 19.0 Å². The first kappa shape index (κ1) is 12.7. The summed E-state index contributed by atoms with van der Waals surface area (Å²) in [5.41, 5.74) is 5.88. The first-order chi connectivity index (χ1) is 7.18. The van der Waals surface area contributed by atoms with E-state index in [0.717, 1.165) is 0 Å². The Balaban J connectivity index is 0.00000128. The van der Waals surface area contributed by atoms with E-state index in [1.165, 1.54) is 0 Å². The number of rotatable bonds is 3. The summed E-state index contributed by atoms with van der Waals surface area (Å²) in [5.74, 6) is 1.72. The largest absolute Gasteiger partial charge is 0.461 e. The molecule has 0 bridgehead atoms. The summed E-state index contributed by atoms with van der Waals surface area (Å²) >= 11 is 0. The molecule has 0 spiro atoms. The molecule has 0 aliphatic rings. The molecule has 0 saturated heterocycles. The van der Waals surface area contributed by atoms with Crippen LogP contribution in [0.5, 0.6) is 0 Å². The fraction of sp³-hybridized carbons (Fsp3) is 0.400. The molecule has 88 valence electrons. The minimum atomic E-state index is -0.235. The summed E-state index contributed by atoms with van der Waals surface area (Å²) in [6.45, 7) is 4.00. The van der Waals surface area contributed by atoms with E-state index in [4.69, 9.17) is 14.7 Å². The van der Waals surface area contributed by atoms with Crippen LogP contribution in [0.15, 0.2) is 27.3 Å². The Kier molecular flexibility index (Phi) is 4.09. The van der Waals surface area contributed by atoms with Gasteiger partial charge < -0.3 is 14.7 Å². The van der Waals surface area contributed by atoms with Crippen molar-refractivity contribution in [2.45, 2.75) is 19.9 Å². The highest BCUT2D eigenvalue weighted by Gasteiger charge is 2.19. The molecule has 2 heterocycles. The predicted molar refractivity (Wildman–Crippen MR) is 61.0 cm³/mol. The van der Waals surface area contributed by atoms with Gasteiger partial charge in [0.15, 0.2) is 5.76 Å². The fourth-order valence-corrected chi connectivity index (χ4v) is 1.16. The zero-order valence-corrected chi connectivity index (χ0v) is 9.90. The van der Waals surface area contributed by atoms with Crippen LogP contribution < -0.4 is 5.73 Å². The van der Waals surface area contributed by atoms with Gasteiger partial charge in [0.2, 0.25) is 11.7 Å². The third-order valence-corrected chi connectivity index (χ3v) is 2.19. The van der Waals surface area contributed by atoms with Gasteiger partial charge in [0.25, 0.3) is 0 Å². The summed E-state index contributed by atoms with van der Waals surface area (Å²) in [6.07, 6.45) is 1.56. The van der Waals surface area contributed by atoms with Crippen LogP contribution in [0.4, 0.5) is 0 Å². The van der Waals surface area contributed by atoms with Crippen LogP contribution in [-0.2, 0) is 0 Å². The second kappa shape index (κ2) is 5.14. The SMILES string of the molecule is CC(C)[C@H](N)c1nc(-c2ccco2)no1.Cl. The summed E-state index contributed by atoms with van der Waals surface area (Å²) in [4.78, 5) is 4.18. The molecule has 16 heavy (non-hydrogen) atoms. The van der Waals surface area contributed by atoms with E-state index >= 15 is 0 Å². The number of nitrogens with zero attached hydrogens (tertiary/aromatic N) is 2. The Morgan fingerprint density at radius 3 is 2.69 bits per heavy atom. The highest BCUT2D eigenvalue weighted by atomic mass is 35.5. The van der Waals surface area contributed by atoms with Crippen molar-refractivity contribution in [2.24, 2.45) is 11.7 Å². The van der Waals surface area contributed by atoms with E-state index < -0.39 is 0 Å². The molecule has 5 nitrogen and oxygen atoms in total. The highest BCUT2D eigenvalue weighted by Crippen LogP contribution is 2.21. The maximum Gasteiger partial charge on any atom is 0.244 e. The minimum absolute atomic E-state index is 0. The molecule has 0 unspecified atom stereocenters. The van der Waals surface area contributed by atoms with E-state index in [1.54, 1.807) is 18.4 Å². The van der Waals surface area contributed by atoms with Crippen molar-refractivity contribution in [1.29, 1.82) is 0 Å². The number of aromatic nitrogens is 2. The Morgan fingerprint density at radius 1 is 1.38 bits per heavy atom. The van der Waals surface area contributed by atoms with Crippen LogP contribution in [0.3, 0.4) is 0 Å². The second-order valence-corrected chi connectivity index (χ2v) is 3.70. The quantitative estimate of drug-likeness (QED) is 0.896. The van der Waals surface area contributed by atoms with Gasteiger partial charge in [0.1, 0.15) is 0 Å². The smallest absolute Gasteiger partial charge is 0.244 e. The van der Waals surface area contributed by atoms with Crippen LogP contribution in [0, 0.1) is 5.92 Å². The van der Waals surface area contributed by atoms with Gasteiger partial charge in [0.05, 0.1) is 12.3 Å². The van der Waals surface area contributed by atoms with E-state index in [9.17, 15) is 0 Å². The lowest BCUT2D eigenvalue weighted by atomic mass is 10.1. The normalized spacial score (nSPS) is 12.5. The number of hydrogen-bond acceptors (Lipinski definition) is 5. The molecule has 2 aromatic rings. The van der Waals surface area contributed by atoms with Crippen LogP contribution in [-0.4, -0.2) is 10.1 Å². The first-order valence-corrected chi connectivity index (χ1v) is 4.81. The van der Waals surface area contributed by atoms with Gasteiger partial charge >= 0.3 is 0 Å². The first-order valence-electron chi connectivity index (χ1n) is 4.81. The molecule has 2 N–H and O–H groups in total. The van der Waals surface area contributed by atoms with Crippen molar-refractivity contribution in [3.8, 4) is 11.6 Å². The molecule has 0 aliphatic heterocycles. The van der Waals surface area contributed by atoms with Crippen molar-refractivity contribution in [3.63, 3.8) is 0 Å². The number of hydrogen-bond donors (Lipinski definition) is 1. The molecule has 0 radical (unpaired) electrons. The molecular formula is C10H14ClN3O2. The highest BCUT2D eigenvalue weighted by molar-refractivity contribution is 5.85. The molecule has 0 aromatic carbocycles. The average molecular weight is 244 g/mol. The van der Waals surface area contributed by atoms with Crippen molar-refractivity contribution >= 4 is 12.4 Å². The fourth-order valence-electron chi connectivity index (χ4n) is 1.16. The molecule has 2 aromatic heterocycles.